The average Bonchev–Trinajstić information content (AvgIpc) is 3.83. The number of carboxylic acid groups (broad SMARTS) is 2. The minimum atomic E-state index is -1.73. The van der Waals surface area contributed by atoms with E-state index in [1.165, 1.54) is 11.8 Å². The number of aliphatic hydroxyl groups is 1. The summed E-state index contributed by atoms with van der Waals surface area (Å²) < 4.78 is 0. The van der Waals surface area contributed by atoms with Gasteiger partial charge < -0.3 is 63.3 Å². The highest BCUT2D eigenvalue weighted by atomic mass is 16.4. The van der Waals surface area contributed by atoms with Gasteiger partial charge in [-0.3, -0.25) is 33.6 Å². The van der Waals surface area contributed by atoms with Gasteiger partial charge in [0.1, 0.15) is 30.2 Å². The lowest BCUT2D eigenvalue weighted by Crippen LogP contribution is -2.61. The molecule has 6 amide bonds. The van der Waals surface area contributed by atoms with Gasteiger partial charge in [-0.05, 0) is 63.1 Å². The van der Waals surface area contributed by atoms with Crippen molar-refractivity contribution in [1.82, 2.24) is 36.5 Å². The van der Waals surface area contributed by atoms with Crippen LogP contribution in [0.1, 0.15) is 71.3 Å². The van der Waals surface area contributed by atoms with Crippen LogP contribution in [0.2, 0.25) is 0 Å². The molecule has 0 saturated carbocycles. The summed E-state index contributed by atoms with van der Waals surface area (Å²) >= 11 is 0. The van der Waals surface area contributed by atoms with Gasteiger partial charge in [0.05, 0.1) is 18.7 Å². The number of carbonyl (C=O) groups is 8. The van der Waals surface area contributed by atoms with Gasteiger partial charge in [-0.15, -0.1) is 0 Å². The summed E-state index contributed by atoms with van der Waals surface area (Å²) in [6.07, 6.45) is 1.23. The molecule has 1 aliphatic rings. The molecular formula is C38H57N9O11. The number of likely N-dealkylation sites (tertiary alicyclic amines) is 1. The number of nitrogens with two attached hydrogens (primary N) is 2. The zero-order valence-corrected chi connectivity index (χ0v) is 33.0. The first-order valence-electron chi connectivity index (χ1n) is 19.4. The lowest BCUT2D eigenvalue weighted by Gasteiger charge is -2.29. The third-order valence-corrected chi connectivity index (χ3v) is 9.90. The number of carbonyl (C=O) groups excluding carboxylic acids is 6. The van der Waals surface area contributed by atoms with Crippen molar-refractivity contribution in [2.75, 3.05) is 19.6 Å². The summed E-state index contributed by atoms with van der Waals surface area (Å²) in [5.74, 6) is -7.93. The predicted octanol–water partition coefficient (Wildman–Crippen LogP) is -1.80. The highest BCUT2D eigenvalue weighted by Gasteiger charge is 2.38. The van der Waals surface area contributed by atoms with Crippen molar-refractivity contribution in [2.24, 2.45) is 17.4 Å². The number of aliphatic carboxylic acids is 2. The maximum Gasteiger partial charge on any atom is 0.326 e. The van der Waals surface area contributed by atoms with Crippen molar-refractivity contribution in [3.05, 3.63) is 36.0 Å². The Labute approximate surface area is 335 Å². The average molecular weight is 816 g/mol. The van der Waals surface area contributed by atoms with Crippen LogP contribution in [0, 0.1) is 5.92 Å². The third-order valence-electron chi connectivity index (χ3n) is 9.90. The maximum absolute atomic E-state index is 13.8. The largest absolute Gasteiger partial charge is 0.481 e. The number of aromatic nitrogens is 1. The normalized spacial score (nSPS) is 17.0. The molecule has 1 aliphatic heterocycles. The topological polar surface area (TPSA) is 328 Å². The van der Waals surface area contributed by atoms with Gasteiger partial charge in [0, 0.05) is 36.5 Å². The SMILES string of the molecule is CC(C)[C@H](NC(=O)[C@H](Cc1c[nH]c2ccccc12)NC(=O)[C@@H](NC(=O)[C@H](CCC(=O)O)NC(=O)[C@@H]1CCCN1C(=O)CNC(=O)[C@@H](N)CCCCN)[C@@H](C)O)C(=O)O. The van der Waals surface area contributed by atoms with Gasteiger partial charge in [-0.1, -0.05) is 38.5 Å². The van der Waals surface area contributed by atoms with Crippen molar-refractivity contribution >= 4 is 58.3 Å². The molecule has 13 N–H and O–H groups in total. The van der Waals surface area contributed by atoms with Crippen molar-refractivity contribution in [1.29, 1.82) is 0 Å². The summed E-state index contributed by atoms with van der Waals surface area (Å²) in [5.41, 5.74) is 12.7. The van der Waals surface area contributed by atoms with Crippen LogP contribution in [0.25, 0.3) is 10.9 Å². The molecule has 1 fully saturated rings. The number of hydrogen-bond donors (Lipinski definition) is 11. The van der Waals surface area contributed by atoms with E-state index in [1.54, 1.807) is 44.3 Å². The first-order valence-corrected chi connectivity index (χ1v) is 19.4. The Balaban J connectivity index is 1.77. The number of fused-ring (bicyclic) bond motifs is 1. The smallest absolute Gasteiger partial charge is 0.326 e. The Morgan fingerprint density at radius 3 is 2.17 bits per heavy atom. The monoisotopic (exact) mass is 815 g/mol. The number of carboxylic acids is 2. The number of nitrogens with zero attached hydrogens (tertiary/aromatic N) is 1. The minimum Gasteiger partial charge on any atom is -0.481 e. The summed E-state index contributed by atoms with van der Waals surface area (Å²) in [4.78, 5) is 108. The van der Waals surface area contributed by atoms with E-state index in [9.17, 15) is 53.7 Å². The van der Waals surface area contributed by atoms with E-state index in [-0.39, 0.29) is 19.4 Å². The van der Waals surface area contributed by atoms with E-state index in [2.05, 4.69) is 31.6 Å². The molecule has 1 aromatic heterocycles. The highest BCUT2D eigenvalue weighted by molar-refractivity contribution is 5.97. The minimum absolute atomic E-state index is 0.119. The van der Waals surface area contributed by atoms with Gasteiger partial charge in [0.15, 0.2) is 0 Å². The molecule has 20 nitrogen and oxygen atoms in total. The lowest BCUT2D eigenvalue weighted by molar-refractivity contribution is -0.144. The van der Waals surface area contributed by atoms with Gasteiger partial charge in [-0.25, -0.2) is 4.79 Å². The first-order chi connectivity index (χ1) is 27.4. The molecule has 7 atom stereocenters. The summed E-state index contributed by atoms with van der Waals surface area (Å²) in [6, 6.07) is -0.731. The van der Waals surface area contributed by atoms with Crippen LogP contribution >= 0.6 is 0 Å². The van der Waals surface area contributed by atoms with Crippen LogP contribution in [-0.2, 0) is 44.8 Å². The van der Waals surface area contributed by atoms with E-state index in [0.717, 1.165) is 10.9 Å². The Morgan fingerprint density at radius 2 is 1.53 bits per heavy atom. The van der Waals surface area contributed by atoms with E-state index in [4.69, 9.17) is 11.5 Å². The van der Waals surface area contributed by atoms with E-state index >= 15 is 0 Å². The zero-order valence-electron chi connectivity index (χ0n) is 33.0. The lowest BCUT2D eigenvalue weighted by atomic mass is 10.0. The fraction of sp³-hybridized carbons (Fsp3) is 0.579. The highest BCUT2D eigenvalue weighted by Crippen LogP contribution is 2.20. The molecule has 2 heterocycles. The second-order valence-electron chi connectivity index (χ2n) is 14.8. The van der Waals surface area contributed by atoms with Crippen molar-refractivity contribution in [3.8, 4) is 0 Å². The Hall–Kier alpha value is -5.60. The summed E-state index contributed by atoms with van der Waals surface area (Å²) in [5, 5.41) is 42.8. The molecule has 1 aromatic carbocycles. The van der Waals surface area contributed by atoms with E-state index in [1.807, 2.05) is 0 Å². The Kier molecular flexibility index (Phi) is 18.0. The molecule has 2 aromatic rings. The number of nitrogens with one attached hydrogen (secondary N) is 6. The number of H-pyrrole nitrogens is 1. The number of amides is 6. The van der Waals surface area contributed by atoms with Crippen molar-refractivity contribution in [3.63, 3.8) is 0 Å². The molecule has 3 rings (SSSR count). The van der Waals surface area contributed by atoms with E-state index in [0.29, 0.717) is 37.8 Å². The number of aromatic amines is 1. The number of rotatable bonds is 23. The molecule has 58 heavy (non-hydrogen) atoms. The first kappa shape index (κ1) is 46.8. The maximum atomic E-state index is 13.8. The Morgan fingerprint density at radius 1 is 0.862 bits per heavy atom. The molecule has 0 spiro atoms. The number of unbranched alkanes of at least 4 members (excludes halogenated alkanes) is 1. The molecule has 320 valence electrons. The van der Waals surface area contributed by atoms with Gasteiger partial charge in [0.25, 0.3) is 0 Å². The van der Waals surface area contributed by atoms with Crippen LogP contribution in [0.5, 0.6) is 0 Å². The zero-order chi connectivity index (χ0) is 43.1. The summed E-state index contributed by atoms with van der Waals surface area (Å²) in [6.45, 7) is 4.56. The molecule has 0 unspecified atom stereocenters. The van der Waals surface area contributed by atoms with Crippen LogP contribution in [-0.4, -0.2) is 135 Å². The van der Waals surface area contributed by atoms with Gasteiger partial charge in [-0.2, -0.15) is 0 Å². The van der Waals surface area contributed by atoms with Crippen LogP contribution in [0.15, 0.2) is 30.5 Å². The van der Waals surface area contributed by atoms with Crippen LogP contribution in [0.3, 0.4) is 0 Å². The van der Waals surface area contributed by atoms with Gasteiger partial charge in [0.2, 0.25) is 35.4 Å². The van der Waals surface area contributed by atoms with Gasteiger partial charge >= 0.3 is 11.9 Å². The molecule has 20 heteroatoms. The number of aliphatic hydroxyl groups excluding tert-OH is 1. The van der Waals surface area contributed by atoms with Crippen molar-refractivity contribution in [2.45, 2.75) is 114 Å². The Bertz CT molecular complexity index is 1780. The molecule has 0 aliphatic carbocycles. The quantitative estimate of drug-likeness (QED) is 0.0553. The predicted molar refractivity (Wildman–Crippen MR) is 209 cm³/mol. The fourth-order valence-corrected chi connectivity index (χ4v) is 6.60. The molecule has 0 bridgehead atoms. The van der Waals surface area contributed by atoms with Crippen LogP contribution < -0.4 is 38.1 Å². The fourth-order valence-electron chi connectivity index (χ4n) is 6.60. The second-order valence-corrected chi connectivity index (χ2v) is 14.8. The second kappa shape index (κ2) is 22.4. The number of benzene rings is 1. The van der Waals surface area contributed by atoms with Crippen molar-refractivity contribution < 1.29 is 53.7 Å². The van der Waals surface area contributed by atoms with E-state index < -0.39 is 115 Å². The number of para-hydroxylation sites is 1. The standard InChI is InChI=1S/C38H57N9O11/c1-20(2)31(38(57)58)45-35(54)27(17-22-18-41-25-11-5-4-9-23(22)25)44-37(56)32(21(3)48)46-34(53)26(13-14-30(50)51)43-36(55)28-12-8-16-47(28)29(49)19-42-33(52)24(40)10-6-7-15-39/h4-5,9,11,18,20-21,24,26-28,31-32,41,48H,6-8,10,12-17,19,39-40H2,1-3H3,(H,42,52)(H,43,55)(H,44,56)(H,45,54)(H,46,53)(H,50,51)(H,57,58)/t21-,24+,26+,27+,28+,31+,32+/m1/s1. The number of hydrogen-bond acceptors (Lipinski definition) is 11. The van der Waals surface area contributed by atoms with Crippen LogP contribution in [0.4, 0.5) is 0 Å². The summed E-state index contributed by atoms with van der Waals surface area (Å²) in [7, 11) is 0. The molecular weight excluding hydrogens is 758 g/mol. The molecule has 0 radical (unpaired) electrons. The molecule has 1 saturated heterocycles. The third kappa shape index (κ3) is 13.5.